The van der Waals surface area contributed by atoms with Gasteiger partial charge in [0.15, 0.2) is 11.5 Å². The Hall–Kier alpha value is -3.13. The van der Waals surface area contributed by atoms with Crippen molar-refractivity contribution in [3.05, 3.63) is 59.7 Å². The maximum absolute atomic E-state index is 12.4. The van der Waals surface area contributed by atoms with E-state index >= 15 is 0 Å². The van der Waals surface area contributed by atoms with Gasteiger partial charge in [-0.05, 0) is 35.9 Å². The Bertz CT molecular complexity index is 1030. The Morgan fingerprint density at radius 3 is 2.38 bits per heavy atom. The van der Waals surface area contributed by atoms with E-state index in [4.69, 9.17) is 9.47 Å². The number of sulfonamides is 1. The third-order valence-electron chi connectivity index (χ3n) is 3.85. The normalized spacial score (nSPS) is 15.2. The number of fused-ring (bicyclic) bond motifs is 1. The molecule has 0 fully saturated rings. The van der Waals surface area contributed by atoms with Crippen LogP contribution in [0.1, 0.15) is 15.9 Å². The summed E-state index contributed by atoms with van der Waals surface area (Å²) < 4.78 is 35.5. The van der Waals surface area contributed by atoms with Crippen LogP contribution in [-0.4, -0.2) is 38.8 Å². The van der Waals surface area contributed by atoms with Gasteiger partial charge in [-0.25, -0.2) is 8.42 Å². The second-order valence-corrected chi connectivity index (χ2v) is 7.11. The summed E-state index contributed by atoms with van der Waals surface area (Å²) in [5.41, 5.74) is 0.568. The summed E-state index contributed by atoms with van der Waals surface area (Å²) in [6.45, 7) is 0. The summed E-state index contributed by atoms with van der Waals surface area (Å²) in [6, 6.07) is 10.7. The molecule has 8 heteroatoms. The second-order valence-electron chi connectivity index (χ2n) is 5.36. The number of carbonyl (C=O) groups excluding carboxylic acids is 2. The number of carbonyl (C=O) groups is 2. The van der Waals surface area contributed by atoms with Gasteiger partial charge in [-0.1, -0.05) is 18.2 Å². The van der Waals surface area contributed by atoms with Gasteiger partial charge in [0.2, 0.25) is 0 Å². The fraction of sp³-hybridized carbons (Fsp3) is 0.111. The van der Waals surface area contributed by atoms with Crippen LogP contribution < -0.4 is 9.47 Å². The van der Waals surface area contributed by atoms with Crippen molar-refractivity contribution in [2.75, 3.05) is 14.2 Å². The molecule has 1 heterocycles. The average Bonchev–Trinajstić information content (AvgIpc) is 2.85. The Morgan fingerprint density at radius 1 is 1.04 bits per heavy atom. The number of ether oxygens (including phenoxy) is 2. The minimum absolute atomic E-state index is 0.0135. The van der Waals surface area contributed by atoms with Crippen LogP contribution in [0.4, 0.5) is 0 Å². The topological polar surface area (TPSA) is 90.0 Å². The number of imide groups is 1. The quantitative estimate of drug-likeness (QED) is 0.763. The largest absolute Gasteiger partial charge is 0.493 e. The lowest BCUT2D eigenvalue weighted by Gasteiger charge is -2.10. The van der Waals surface area contributed by atoms with Crippen molar-refractivity contribution in [1.82, 2.24) is 4.31 Å². The van der Waals surface area contributed by atoms with Gasteiger partial charge >= 0.3 is 0 Å². The number of hydrogen-bond donors (Lipinski definition) is 0. The van der Waals surface area contributed by atoms with Gasteiger partial charge < -0.3 is 9.47 Å². The summed E-state index contributed by atoms with van der Waals surface area (Å²) in [5, 5.41) is 0. The van der Waals surface area contributed by atoms with Gasteiger partial charge in [-0.2, -0.15) is 4.31 Å². The molecule has 0 aromatic heterocycles. The SMILES string of the molecule is COc1ccc(C=CC(=O)N2C(=O)c3ccccc3S2(=O)=O)cc1OC. The van der Waals surface area contributed by atoms with E-state index in [1.54, 1.807) is 24.3 Å². The second kappa shape index (κ2) is 6.64. The van der Waals surface area contributed by atoms with Crippen molar-refractivity contribution < 1.29 is 27.5 Å². The van der Waals surface area contributed by atoms with Crippen molar-refractivity contribution in [2.24, 2.45) is 0 Å². The van der Waals surface area contributed by atoms with E-state index < -0.39 is 21.8 Å². The summed E-state index contributed by atoms with van der Waals surface area (Å²) in [6.07, 6.45) is 2.43. The first-order chi connectivity index (χ1) is 12.4. The Morgan fingerprint density at radius 2 is 1.73 bits per heavy atom. The Balaban J connectivity index is 1.90. The van der Waals surface area contributed by atoms with Crippen LogP contribution in [0.5, 0.6) is 11.5 Å². The van der Waals surface area contributed by atoms with Crippen LogP contribution in [0.2, 0.25) is 0 Å². The summed E-state index contributed by atoms with van der Waals surface area (Å²) in [7, 11) is -1.21. The molecule has 134 valence electrons. The van der Waals surface area contributed by atoms with Crippen LogP contribution >= 0.6 is 0 Å². The number of hydrogen-bond acceptors (Lipinski definition) is 6. The third kappa shape index (κ3) is 2.84. The van der Waals surface area contributed by atoms with Gasteiger partial charge in [0.05, 0.1) is 19.8 Å². The molecular formula is C18H15NO6S. The maximum atomic E-state index is 12.4. The molecule has 0 radical (unpaired) electrons. The molecule has 0 aliphatic carbocycles. The van der Waals surface area contributed by atoms with E-state index in [0.717, 1.165) is 6.08 Å². The number of rotatable bonds is 4. The zero-order valence-electron chi connectivity index (χ0n) is 14.0. The molecule has 0 spiro atoms. The van der Waals surface area contributed by atoms with Crippen LogP contribution in [0.3, 0.4) is 0 Å². The lowest BCUT2D eigenvalue weighted by Crippen LogP contribution is -2.34. The molecule has 0 atom stereocenters. The molecule has 2 aromatic carbocycles. The van der Waals surface area contributed by atoms with Crippen LogP contribution in [-0.2, 0) is 14.8 Å². The number of nitrogens with zero attached hydrogens (tertiary/aromatic N) is 1. The van der Waals surface area contributed by atoms with E-state index in [0.29, 0.717) is 17.1 Å². The van der Waals surface area contributed by atoms with Gasteiger partial charge in [-0.3, -0.25) is 9.59 Å². The molecule has 0 saturated heterocycles. The number of benzene rings is 2. The smallest absolute Gasteiger partial charge is 0.276 e. The molecule has 2 aromatic rings. The standard InChI is InChI=1S/C18H15NO6S/c1-24-14-9-7-12(11-15(14)25-2)8-10-17(20)19-18(21)13-5-3-4-6-16(13)26(19,22)23/h3-11H,1-2H3. The van der Waals surface area contributed by atoms with Crippen LogP contribution in [0, 0.1) is 0 Å². The summed E-state index contributed by atoms with van der Waals surface area (Å²) >= 11 is 0. The molecule has 2 amide bonds. The van der Waals surface area contributed by atoms with Crippen molar-refractivity contribution >= 4 is 27.9 Å². The summed E-state index contributed by atoms with van der Waals surface area (Å²) in [4.78, 5) is 24.5. The van der Waals surface area contributed by atoms with Crippen LogP contribution in [0.15, 0.2) is 53.4 Å². The first-order valence-corrected chi connectivity index (χ1v) is 8.97. The van der Waals surface area contributed by atoms with Gasteiger partial charge in [0, 0.05) is 6.08 Å². The van der Waals surface area contributed by atoms with Crippen molar-refractivity contribution in [2.45, 2.75) is 4.90 Å². The van der Waals surface area contributed by atoms with Crippen molar-refractivity contribution in [3.63, 3.8) is 0 Å². The molecule has 0 unspecified atom stereocenters. The maximum Gasteiger partial charge on any atom is 0.276 e. The fourth-order valence-corrected chi connectivity index (χ4v) is 4.09. The van der Waals surface area contributed by atoms with E-state index in [2.05, 4.69) is 0 Å². The first kappa shape index (κ1) is 17.7. The van der Waals surface area contributed by atoms with E-state index in [9.17, 15) is 18.0 Å². The van der Waals surface area contributed by atoms with Crippen molar-refractivity contribution in [1.29, 1.82) is 0 Å². The molecule has 26 heavy (non-hydrogen) atoms. The minimum atomic E-state index is -4.18. The molecular weight excluding hydrogens is 358 g/mol. The van der Waals surface area contributed by atoms with Gasteiger partial charge in [0.1, 0.15) is 4.90 Å². The predicted molar refractivity (Wildman–Crippen MR) is 93.4 cm³/mol. The third-order valence-corrected chi connectivity index (χ3v) is 5.58. The van der Waals surface area contributed by atoms with E-state index in [1.165, 1.54) is 38.5 Å². The highest BCUT2D eigenvalue weighted by molar-refractivity contribution is 7.90. The minimum Gasteiger partial charge on any atom is -0.493 e. The number of amides is 2. The monoisotopic (exact) mass is 373 g/mol. The molecule has 0 N–H and O–H groups in total. The highest BCUT2D eigenvalue weighted by Crippen LogP contribution is 2.31. The zero-order chi connectivity index (χ0) is 18.9. The first-order valence-electron chi connectivity index (χ1n) is 7.53. The van der Waals surface area contributed by atoms with E-state index in [1.807, 2.05) is 0 Å². The molecule has 1 aliphatic heterocycles. The number of methoxy groups -OCH3 is 2. The highest BCUT2D eigenvalue weighted by Gasteiger charge is 2.44. The highest BCUT2D eigenvalue weighted by atomic mass is 32.2. The van der Waals surface area contributed by atoms with Gasteiger partial charge in [-0.15, -0.1) is 0 Å². The molecule has 1 aliphatic rings. The average molecular weight is 373 g/mol. The fourth-order valence-electron chi connectivity index (χ4n) is 2.60. The molecule has 0 bridgehead atoms. The van der Waals surface area contributed by atoms with E-state index in [-0.39, 0.29) is 14.8 Å². The van der Waals surface area contributed by atoms with Crippen molar-refractivity contribution in [3.8, 4) is 11.5 Å². The lowest BCUT2D eigenvalue weighted by molar-refractivity contribution is -0.119. The zero-order valence-corrected chi connectivity index (χ0v) is 14.8. The lowest BCUT2D eigenvalue weighted by atomic mass is 10.2. The Labute approximate surface area is 150 Å². The summed E-state index contributed by atoms with van der Waals surface area (Å²) in [5.74, 6) is -0.827. The van der Waals surface area contributed by atoms with Crippen LogP contribution in [0.25, 0.3) is 6.08 Å². The predicted octanol–water partition coefficient (Wildman–Crippen LogP) is 2.09. The van der Waals surface area contributed by atoms with Gasteiger partial charge in [0.25, 0.3) is 21.8 Å². The Kier molecular flexibility index (Phi) is 4.52. The molecule has 3 rings (SSSR count). The molecule has 0 saturated carbocycles. The molecule has 7 nitrogen and oxygen atoms in total.